The first kappa shape index (κ1) is 18.1. The molecular weight excluding hydrogens is 358 g/mol. The number of imide groups is 1. The second kappa shape index (κ2) is 7.38. The minimum absolute atomic E-state index is 0.0400. The maximum Gasteiger partial charge on any atom is 0.338 e. The lowest BCUT2D eigenvalue weighted by Crippen LogP contribution is -2.30. The van der Waals surface area contributed by atoms with Crippen LogP contribution in [0, 0.1) is 0 Å². The maximum absolute atomic E-state index is 12.5. The van der Waals surface area contributed by atoms with Crippen LogP contribution in [0.5, 0.6) is 0 Å². The number of amides is 2. The van der Waals surface area contributed by atoms with Gasteiger partial charge >= 0.3 is 5.97 Å². The van der Waals surface area contributed by atoms with Crippen molar-refractivity contribution in [1.82, 2.24) is 4.90 Å². The summed E-state index contributed by atoms with van der Waals surface area (Å²) in [6, 6.07) is 13.3. The summed E-state index contributed by atoms with van der Waals surface area (Å²) in [5, 5.41) is 0. The zero-order valence-corrected chi connectivity index (χ0v) is 15.2. The molecule has 1 atom stereocenters. The average molecular weight is 377 g/mol. The normalized spacial score (nSPS) is 18.9. The molecular formula is C22H19NO5. The number of benzene rings is 2. The zero-order chi connectivity index (χ0) is 19.7. The molecule has 1 fully saturated rings. The van der Waals surface area contributed by atoms with Gasteiger partial charge in [0, 0.05) is 6.42 Å². The molecule has 142 valence electrons. The highest BCUT2D eigenvalue weighted by molar-refractivity contribution is 6.21. The van der Waals surface area contributed by atoms with Gasteiger partial charge in [0.05, 0.1) is 23.2 Å². The molecule has 1 heterocycles. The van der Waals surface area contributed by atoms with Crippen LogP contribution in [0.15, 0.2) is 48.5 Å². The number of esters is 1. The van der Waals surface area contributed by atoms with Crippen molar-refractivity contribution < 1.29 is 23.9 Å². The van der Waals surface area contributed by atoms with Crippen molar-refractivity contribution in [1.29, 1.82) is 0 Å². The van der Waals surface area contributed by atoms with Gasteiger partial charge in [0.15, 0.2) is 11.9 Å². The van der Waals surface area contributed by atoms with Crippen molar-refractivity contribution in [2.24, 2.45) is 0 Å². The molecule has 0 saturated heterocycles. The van der Waals surface area contributed by atoms with E-state index in [9.17, 15) is 19.2 Å². The van der Waals surface area contributed by atoms with Gasteiger partial charge in [-0.3, -0.25) is 19.3 Å². The van der Waals surface area contributed by atoms with Gasteiger partial charge in [0.2, 0.25) is 0 Å². The topological polar surface area (TPSA) is 80.8 Å². The molecule has 2 aliphatic rings. The molecule has 0 bridgehead atoms. The minimum atomic E-state index is -0.679. The Balaban J connectivity index is 1.49. The summed E-state index contributed by atoms with van der Waals surface area (Å²) >= 11 is 0. The lowest BCUT2D eigenvalue weighted by molar-refractivity contribution is -0.129. The summed E-state index contributed by atoms with van der Waals surface area (Å²) in [5.74, 6) is -1.30. The van der Waals surface area contributed by atoms with E-state index in [0.29, 0.717) is 35.1 Å². The molecule has 2 amide bonds. The van der Waals surface area contributed by atoms with E-state index in [0.717, 1.165) is 12.8 Å². The molecule has 1 aliphatic carbocycles. The fourth-order valence-electron chi connectivity index (χ4n) is 3.63. The number of carbonyl (C=O) groups is 4. The van der Waals surface area contributed by atoms with E-state index in [4.69, 9.17) is 4.74 Å². The van der Waals surface area contributed by atoms with Crippen LogP contribution in [0.4, 0.5) is 0 Å². The van der Waals surface area contributed by atoms with Gasteiger partial charge < -0.3 is 4.74 Å². The molecule has 1 saturated carbocycles. The summed E-state index contributed by atoms with van der Waals surface area (Å²) in [4.78, 5) is 50.5. The van der Waals surface area contributed by atoms with Crippen LogP contribution < -0.4 is 0 Å². The molecule has 6 heteroatoms. The first-order valence-corrected chi connectivity index (χ1v) is 9.32. The van der Waals surface area contributed by atoms with E-state index in [1.165, 1.54) is 4.90 Å². The number of hydrogen-bond donors (Lipinski definition) is 0. The molecule has 1 aliphatic heterocycles. The summed E-state index contributed by atoms with van der Waals surface area (Å²) in [5.41, 5.74) is 1.71. The van der Waals surface area contributed by atoms with E-state index < -0.39 is 12.1 Å². The van der Waals surface area contributed by atoms with Crippen molar-refractivity contribution in [3.63, 3.8) is 0 Å². The molecule has 0 N–H and O–H groups in total. The van der Waals surface area contributed by atoms with E-state index in [1.807, 2.05) is 0 Å². The fraction of sp³-hybridized carbons (Fsp3) is 0.273. The molecule has 2 aromatic rings. The third kappa shape index (κ3) is 3.33. The highest BCUT2D eigenvalue weighted by Gasteiger charge is 2.35. The number of fused-ring (bicyclic) bond motifs is 1. The Labute approximate surface area is 162 Å². The number of ketones is 1. The van der Waals surface area contributed by atoms with Gasteiger partial charge in [0.25, 0.3) is 11.8 Å². The Hall–Kier alpha value is -3.28. The molecule has 2 aromatic carbocycles. The quantitative estimate of drug-likeness (QED) is 0.604. The van der Waals surface area contributed by atoms with E-state index in [1.54, 1.807) is 48.5 Å². The third-order valence-electron chi connectivity index (χ3n) is 5.13. The van der Waals surface area contributed by atoms with Crippen LogP contribution in [0.2, 0.25) is 0 Å². The van der Waals surface area contributed by atoms with Crippen LogP contribution in [0.3, 0.4) is 0 Å². The number of nitrogens with zero attached hydrogens (tertiary/aromatic N) is 1. The molecule has 4 rings (SSSR count). The predicted molar refractivity (Wildman–Crippen MR) is 99.8 cm³/mol. The van der Waals surface area contributed by atoms with E-state index in [-0.39, 0.29) is 24.1 Å². The van der Waals surface area contributed by atoms with Crippen molar-refractivity contribution in [2.45, 2.75) is 38.3 Å². The number of Topliss-reactive ketones (excluding diaryl/α,β-unsaturated/α-hetero) is 1. The van der Waals surface area contributed by atoms with Gasteiger partial charge in [-0.2, -0.15) is 0 Å². The van der Waals surface area contributed by atoms with Crippen molar-refractivity contribution in [3.05, 3.63) is 70.8 Å². The Morgan fingerprint density at radius 2 is 1.68 bits per heavy atom. The van der Waals surface area contributed by atoms with Gasteiger partial charge in [0.1, 0.15) is 0 Å². The lowest BCUT2D eigenvalue weighted by atomic mass is 9.96. The molecule has 6 nitrogen and oxygen atoms in total. The fourth-order valence-corrected chi connectivity index (χ4v) is 3.63. The Kier molecular flexibility index (Phi) is 4.77. The van der Waals surface area contributed by atoms with Gasteiger partial charge in [-0.1, -0.05) is 24.3 Å². The van der Waals surface area contributed by atoms with Crippen LogP contribution in [-0.4, -0.2) is 34.6 Å². The second-order valence-electron chi connectivity index (χ2n) is 7.05. The van der Waals surface area contributed by atoms with Crippen molar-refractivity contribution in [2.75, 3.05) is 0 Å². The SMILES string of the molecule is O=C(O[C@@H]1CCCCC1=O)c1cccc(CN2C(=O)c3ccccc3C2=O)c1. The number of rotatable bonds is 4. The largest absolute Gasteiger partial charge is 0.451 e. The monoisotopic (exact) mass is 377 g/mol. The smallest absolute Gasteiger partial charge is 0.338 e. The van der Waals surface area contributed by atoms with Crippen LogP contribution in [0.1, 0.15) is 62.3 Å². The summed E-state index contributed by atoms with van der Waals surface area (Å²) in [6.45, 7) is 0.0653. The van der Waals surface area contributed by atoms with Crippen LogP contribution in [0.25, 0.3) is 0 Å². The van der Waals surface area contributed by atoms with Crippen molar-refractivity contribution >= 4 is 23.6 Å². The summed E-state index contributed by atoms with van der Waals surface area (Å²) in [7, 11) is 0. The molecule has 0 spiro atoms. The van der Waals surface area contributed by atoms with Crippen LogP contribution >= 0.6 is 0 Å². The molecule has 0 radical (unpaired) electrons. The zero-order valence-electron chi connectivity index (χ0n) is 15.2. The maximum atomic E-state index is 12.5. The first-order chi connectivity index (χ1) is 13.5. The van der Waals surface area contributed by atoms with Crippen LogP contribution in [-0.2, 0) is 16.1 Å². The van der Waals surface area contributed by atoms with Gasteiger partial charge in [-0.25, -0.2) is 4.79 Å². The number of hydrogen-bond acceptors (Lipinski definition) is 5. The van der Waals surface area contributed by atoms with Gasteiger partial charge in [-0.05, 0) is 49.1 Å². The predicted octanol–water partition coefficient (Wildman–Crippen LogP) is 3.15. The van der Waals surface area contributed by atoms with E-state index >= 15 is 0 Å². The third-order valence-corrected chi connectivity index (χ3v) is 5.13. The van der Waals surface area contributed by atoms with Crippen molar-refractivity contribution in [3.8, 4) is 0 Å². The molecule has 28 heavy (non-hydrogen) atoms. The lowest BCUT2D eigenvalue weighted by Gasteiger charge is -2.21. The second-order valence-corrected chi connectivity index (χ2v) is 7.05. The standard InChI is InChI=1S/C22H19NO5/c24-18-10-3-4-11-19(18)28-22(27)15-7-5-6-14(12-15)13-23-20(25)16-8-1-2-9-17(16)21(23)26/h1-2,5-9,12,19H,3-4,10-11,13H2/t19-/m1/s1. The summed E-state index contributed by atoms with van der Waals surface area (Å²) in [6.07, 6.45) is 2.02. The molecule has 0 unspecified atom stereocenters. The van der Waals surface area contributed by atoms with E-state index in [2.05, 4.69) is 0 Å². The number of carbonyl (C=O) groups excluding carboxylic acids is 4. The Morgan fingerprint density at radius 1 is 0.964 bits per heavy atom. The average Bonchev–Trinajstić information content (AvgIpc) is 2.95. The summed E-state index contributed by atoms with van der Waals surface area (Å²) < 4.78 is 5.37. The first-order valence-electron chi connectivity index (χ1n) is 9.32. The molecule has 0 aromatic heterocycles. The van der Waals surface area contributed by atoms with Gasteiger partial charge in [-0.15, -0.1) is 0 Å². The highest BCUT2D eigenvalue weighted by Crippen LogP contribution is 2.25. The Bertz CT molecular complexity index is 945. The Morgan fingerprint density at radius 3 is 2.36 bits per heavy atom. The minimum Gasteiger partial charge on any atom is -0.451 e. The number of ether oxygens (including phenoxy) is 1. The highest BCUT2D eigenvalue weighted by atomic mass is 16.5.